The third kappa shape index (κ3) is 6.37. The van der Waals surface area contributed by atoms with Crippen molar-refractivity contribution in [2.75, 3.05) is 19.9 Å². The first-order chi connectivity index (χ1) is 10.8. The molecule has 1 aromatic rings. The lowest BCUT2D eigenvalue weighted by Gasteiger charge is -2.17. The topological polar surface area (TPSA) is 58.5 Å². The Balaban J connectivity index is 0.00000264. The number of rotatable bonds is 6. The van der Waals surface area contributed by atoms with Gasteiger partial charge < -0.3 is 15.4 Å². The lowest BCUT2D eigenvalue weighted by atomic mass is 10.2. The largest absolute Gasteiger partial charge is 0.481 e. The standard InChI is InChI=1S/C16H26N4OS.HI/c1-4-17-16(20-13-7-8-14(10-13)22-3)19-11-12-6-5-9-18-15(12)21-2;/h5-6,9,13-14H,4,7-8,10-11H2,1-3H3,(H2,17,19,20);1H. The molecule has 130 valence electrons. The van der Waals surface area contributed by atoms with Gasteiger partial charge in [0, 0.05) is 29.6 Å². The van der Waals surface area contributed by atoms with E-state index in [2.05, 4.69) is 33.8 Å². The van der Waals surface area contributed by atoms with Crippen LogP contribution in [0.4, 0.5) is 0 Å². The van der Waals surface area contributed by atoms with E-state index in [-0.39, 0.29) is 24.0 Å². The molecule has 0 aromatic carbocycles. The van der Waals surface area contributed by atoms with Gasteiger partial charge in [-0.25, -0.2) is 9.98 Å². The van der Waals surface area contributed by atoms with Crippen LogP contribution in [0.5, 0.6) is 5.88 Å². The third-order valence-electron chi connectivity index (χ3n) is 3.85. The van der Waals surface area contributed by atoms with Crippen molar-refractivity contribution in [2.45, 2.75) is 44.0 Å². The van der Waals surface area contributed by atoms with E-state index in [9.17, 15) is 0 Å². The van der Waals surface area contributed by atoms with Crippen molar-refractivity contribution in [2.24, 2.45) is 4.99 Å². The van der Waals surface area contributed by atoms with E-state index >= 15 is 0 Å². The van der Waals surface area contributed by atoms with Crippen molar-refractivity contribution in [3.8, 4) is 5.88 Å². The molecule has 0 spiro atoms. The molecule has 2 unspecified atom stereocenters. The van der Waals surface area contributed by atoms with Crippen molar-refractivity contribution < 1.29 is 4.74 Å². The van der Waals surface area contributed by atoms with E-state index in [4.69, 9.17) is 4.74 Å². The molecule has 1 aromatic heterocycles. The number of thioether (sulfide) groups is 1. The molecule has 1 fully saturated rings. The second-order valence-electron chi connectivity index (χ2n) is 5.38. The summed E-state index contributed by atoms with van der Waals surface area (Å²) in [5.74, 6) is 1.52. The van der Waals surface area contributed by atoms with Gasteiger partial charge in [-0.2, -0.15) is 11.8 Å². The molecule has 2 atom stereocenters. The molecule has 2 N–H and O–H groups in total. The summed E-state index contributed by atoms with van der Waals surface area (Å²) < 4.78 is 5.28. The molecule has 23 heavy (non-hydrogen) atoms. The van der Waals surface area contributed by atoms with Crippen LogP contribution in [-0.4, -0.2) is 42.1 Å². The lowest BCUT2D eigenvalue weighted by molar-refractivity contribution is 0.392. The Morgan fingerprint density at radius 1 is 1.48 bits per heavy atom. The highest BCUT2D eigenvalue weighted by Gasteiger charge is 2.24. The van der Waals surface area contributed by atoms with E-state index in [0.717, 1.165) is 23.3 Å². The fraction of sp³-hybridized carbons (Fsp3) is 0.625. The maximum absolute atomic E-state index is 5.28. The fourth-order valence-corrected chi connectivity index (χ4v) is 3.49. The molecule has 1 heterocycles. The van der Waals surface area contributed by atoms with Crippen molar-refractivity contribution in [3.05, 3.63) is 23.9 Å². The Kier molecular flexibility index (Phi) is 9.69. The normalized spacial score (nSPS) is 20.7. The van der Waals surface area contributed by atoms with Gasteiger partial charge in [0.15, 0.2) is 5.96 Å². The maximum atomic E-state index is 5.28. The Bertz CT molecular complexity index is 501. The number of nitrogens with one attached hydrogen (secondary N) is 2. The second kappa shape index (κ2) is 11.0. The molecule has 1 aliphatic carbocycles. The van der Waals surface area contributed by atoms with Gasteiger partial charge in [-0.3, -0.25) is 0 Å². The van der Waals surface area contributed by atoms with Crippen molar-refractivity contribution in [1.29, 1.82) is 0 Å². The number of aromatic nitrogens is 1. The highest BCUT2D eigenvalue weighted by atomic mass is 127. The zero-order chi connectivity index (χ0) is 15.8. The molecule has 0 amide bonds. The molecule has 0 saturated heterocycles. The Labute approximate surface area is 160 Å². The van der Waals surface area contributed by atoms with Gasteiger partial charge in [-0.15, -0.1) is 24.0 Å². The predicted molar refractivity (Wildman–Crippen MR) is 109 cm³/mol. The molecule has 0 aliphatic heterocycles. The number of pyridine rings is 1. The predicted octanol–water partition coefficient (Wildman–Crippen LogP) is 3.05. The summed E-state index contributed by atoms with van der Waals surface area (Å²) in [6.07, 6.45) is 7.64. The van der Waals surface area contributed by atoms with E-state index in [1.54, 1.807) is 13.3 Å². The SMILES string of the molecule is CCNC(=NCc1cccnc1OC)NC1CCC(SC)C1.I. The van der Waals surface area contributed by atoms with Crippen molar-refractivity contribution in [3.63, 3.8) is 0 Å². The van der Waals surface area contributed by atoms with Crippen molar-refractivity contribution >= 4 is 41.7 Å². The van der Waals surface area contributed by atoms with Gasteiger partial charge >= 0.3 is 0 Å². The number of methoxy groups -OCH3 is 1. The van der Waals surface area contributed by atoms with Gasteiger partial charge in [0.2, 0.25) is 5.88 Å². The monoisotopic (exact) mass is 450 g/mol. The number of hydrogen-bond acceptors (Lipinski definition) is 4. The van der Waals surface area contributed by atoms with Crippen LogP contribution in [0.1, 0.15) is 31.7 Å². The van der Waals surface area contributed by atoms with Gasteiger partial charge in [0.05, 0.1) is 13.7 Å². The van der Waals surface area contributed by atoms with E-state index < -0.39 is 0 Å². The summed E-state index contributed by atoms with van der Waals surface area (Å²) >= 11 is 1.97. The van der Waals surface area contributed by atoms with E-state index in [0.29, 0.717) is 18.5 Å². The van der Waals surface area contributed by atoms with Crippen LogP contribution in [0.25, 0.3) is 0 Å². The summed E-state index contributed by atoms with van der Waals surface area (Å²) in [7, 11) is 1.64. The molecule has 1 saturated carbocycles. The summed E-state index contributed by atoms with van der Waals surface area (Å²) in [5, 5.41) is 7.65. The quantitative estimate of drug-likeness (QED) is 0.397. The minimum Gasteiger partial charge on any atom is -0.481 e. The summed E-state index contributed by atoms with van der Waals surface area (Å²) in [6.45, 7) is 3.50. The number of guanidine groups is 1. The summed E-state index contributed by atoms with van der Waals surface area (Å²) in [5.41, 5.74) is 0.996. The van der Waals surface area contributed by atoms with Gasteiger partial charge in [-0.1, -0.05) is 6.07 Å². The number of nitrogens with zero attached hydrogens (tertiary/aromatic N) is 2. The third-order valence-corrected chi connectivity index (χ3v) is 4.95. The van der Waals surface area contributed by atoms with Crippen molar-refractivity contribution in [1.82, 2.24) is 15.6 Å². The zero-order valence-electron chi connectivity index (χ0n) is 14.0. The minimum absolute atomic E-state index is 0. The maximum Gasteiger partial charge on any atom is 0.218 e. The highest BCUT2D eigenvalue weighted by Crippen LogP contribution is 2.28. The van der Waals surface area contributed by atoms with Gasteiger partial charge in [0.1, 0.15) is 0 Å². The number of halogens is 1. The molecule has 0 radical (unpaired) electrons. The Hall–Kier alpha value is -0.700. The second-order valence-corrected chi connectivity index (χ2v) is 6.52. The van der Waals surface area contributed by atoms with E-state index in [1.807, 2.05) is 23.9 Å². The van der Waals surface area contributed by atoms with Crippen LogP contribution in [0, 0.1) is 0 Å². The molecule has 2 rings (SSSR count). The van der Waals surface area contributed by atoms with Gasteiger partial charge in [-0.05, 0) is 38.5 Å². The van der Waals surface area contributed by atoms with Crippen LogP contribution in [0.15, 0.2) is 23.3 Å². The first kappa shape index (κ1) is 20.3. The smallest absolute Gasteiger partial charge is 0.218 e. The number of ether oxygens (including phenoxy) is 1. The lowest BCUT2D eigenvalue weighted by Crippen LogP contribution is -2.42. The molecular weight excluding hydrogens is 423 g/mol. The first-order valence-corrected chi connectivity index (χ1v) is 9.11. The average molecular weight is 450 g/mol. The number of aliphatic imine (C=N–C) groups is 1. The highest BCUT2D eigenvalue weighted by molar-refractivity contribution is 14.0. The first-order valence-electron chi connectivity index (χ1n) is 7.82. The van der Waals surface area contributed by atoms with Crippen LogP contribution >= 0.6 is 35.7 Å². The Morgan fingerprint density at radius 2 is 2.30 bits per heavy atom. The zero-order valence-corrected chi connectivity index (χ0v) is 17.2. The fourth-order valence-electron chi connectivity index (χ4n) is 2.69. The Morgan fingerprint density at radius 3 is 2.96 bits per heavy atom. The average Bonchev–Trinajstić information content (AvgIpc) is 3.00. The molecule has 0 bridgehead atoms. The molecule has 7 heteroatoms. The molecule has 1 aliphatic rings. The molecular formula is C16H27IN4OS. The summed E-state index contributed by atoms with van der Waals surface area (Å²) in [6, 6.07) is 4.43. The van der Waals surface area contributed by atoms with Crippen LogP contribution in [0.3, 0.4) is 0 Å². The van der Waals surface area contributed by atoms with Gasteiger partial charge in [0.25, 0.3) is 0 Å². The van der Waals surface area contributed by atoms with E-state index in [1.165, 1.54) is 19.3 Å². The summed E-state index contributed by atoms with van der Waals surface area (Å²) in [4.78, 5) is 8.88. The number of hydrogen-bond donors (Lipinski definition) is 2. The van der Waals surface area contributed by atoms with Crippen LogP contribution in [-0.2, 0) is 6.54 Å². The molecule has 5 nitrogen and oxygen atoms in total. The van der Waals surface area contributed by atoms with Crippen LogP contribution < -0.4 is 15.4 Å². The van der Waals surface area contributed by atoms with Crippen LogP contribution in [0.2, 0.25) is 0 Å². The minimum atomic E-state index is 0.